The smallest absolute Gasteiger partial charge is 0.264 e. The molecule has 0 aliphatic rings. The van der Waals surface area contributed by atoms with Crippen molar-refractivity contribution in [2.24, 2.45) is 5.10 Å². The highest BCUT2D eigenvalue weighted by atomic mass is 79.9. The van der Waals surface area contributed by atoms with Crippen molar-refractivity contribution in [3.63, 3.8) is 0 Å². The van der Waals surface area contributed by atoms with Crippen LogP contribution in [0.5, 0.6) is 11.5 Å². The summed E-state index contributed by atoms with van der Waals surface area (Å²) in [5, 5.41) is 5.30. The van der Waals surface area contributed by atoms with Crippen LogP contribution in [0.3, 0.4) is 0 Å². The first kappa shape index (κ1) is 31.7. The fourth-order valence-electron chi connectivity index (χ4n) is 3.73. The molecule has 8 nitrogen and oxygen atoms in total. The number of methoxy groups -OCH3 is 1. The summed E-state index contributed by atoms with van der Waals surface area (Å²) in [5.41, 5.74) is 4.04. The molecule has 0 aromatic heterocycles. The zero-order valence-corrected chi connectivity index (χ0v) is 26.6. The van der Waals surface area contributed by atoms with Crippen LogP contribution in [-0.4, -0.2) is 34.2 Å². The Labute approximate surface area is 267 Å². The lowest BCUT2D eigenvalue weighted by molar-refractivity contribution is -0.119. The number of rotatable bonds is 11. The molecule has 4 rings (SSSR count). The second-order valence-electron chi connectivity index (χ2n) is 8.67. The highest BCUT2D eigenvalue weighted by Gasteiger charge is 2.27. The van der Waals surface area contributed by atoms with E-state index in [-0.39, 0.29) is 17.2 Å². The van der Waals surface area contributed by atoms with Crippen LogP contribution >= 0.6 is 50.7 Å². The van der Waals surface area contributed by atoms with E-state index in [1.54, 1.807) is 60.7 Å². The molecule has 13 heteroatoms. The molecule has 0 atom stereocenters. The second kappa shape index (κ2) is 14.3. The largest absolute Gasteiger partial charge is 0.493 e. The van der Waals surface area contributed by atoms with E-state index in [1.165, 1.54) is 37.6 Å². The molecule has 1 amide bonds. The van der Waals surface area contributed by atoms with Crippen LogP contribution in [0.1, 0.15) is 11.1 Å². The molecule has 0 heterocycles. The average Bonchev–Trinajstić information content (AvgIpc) is 2.97. The van der Waals surface area contributed by atoms with Crippen molar-refractivity contribution in [3.05, 3.63) is 116 Å². The molecule has 218 valence electrons. The molecular formula is C29H23BrCl3N3O5S. The number of benzene rings is 4. The van der Waals surface area contributed by atoms with E-state index in [9.17, 15) is 13.2 Å². The lowest BCUT2D eigenvalue weighted by Crippen LogP contribution is -2.39. The third-order valence-corrected chi connectivity index (χ3v) is 9.12. The lowest BCUT2D eigenvalue weighted by Gasteiger charge is -2.23. The van der Waals surface area contributed by atoms with E-state index < -0.39 is 22.5 Å². The molecule has 0 radical (unpaired) electrons. The van der Waals surface area contributed by atoms with Gasteiger partial charge >= 0.3 is 0 Å². The van der Waals surface area contributed by atoms with Crippen molar-refractivity contribution in [1.82, 2.24) is 5.43 Å². The SMILES string of the molecule is COc1cc(/C=N\NC(=O)CN(c2ccc(Cl)cc2)S(=O)(=O)c2ccccc2)cc(Br)c1OCc1ccc(Cl)c(Cl)c1. The van der Waals surface area contributed by atoms with Gasteiger partial charge in [-0.1, -0.05) is 59.1 Å². The Morgan fingerprint density at radius 1 is 0.976 bits per heavy atom. The molecule has 0 aliphatic carbocycles. The summed E-state index contributed by atoms with van der Waals surface area (Å²) < 4.78 is 39.8. The van der Waals surface area contributed by atoms with E-state index in [4.69, 9.17) is 44.3 Å². The predicted octanol–water partition coefficient (Wildman–Crippen LogP) is 7.34. The molecule has 0 fully saturated rings. The van der Waals surface area contributed by atoms with Crippen molar-refractivity contribution < 1.29 is 22.7 Å². The maximum absolute atomic E-state index is 13.4. The average molecular weight is 712 g/mol. The number of anilines is 1. The third-order valence-electron chi connectivity index (χ3n) is 5.75. The highest BCUT2D eigenvalue weighted by Crippen LogP contribution is 2.37. The standard InChI is InChI=1S/C29H23BrCl3N3O5S/c1-40-27-15-20(13-24(30)29(27)41-18-19-7-12-25(32)26(33)14-19)16-34-35-28(37)17-36(22-10-8-21(31)9-11-22)42(38,39)23-5-3-2-4-6-23/h2-16H,17-18H2,1H3,(H,35,37)/b34-16-. The van der Waals surface area contributed by atoms with Gasteiger partial charge in [0.25, 0.3) is 15.9 Å². The van der Waals surface area contributed by atoms with Gasteiger partial charge < -0.3 is 9.47 Å². The molecule has 0 spiro atoms. The van der Waals surface area contributed by atoms with Crippen LogP contribution in [0.15, 0.2) is 99.4 Å². The third kappa shape index (κ3) is 7.96. The summed E-state index contributed by atoms with van der Waals surface area (Å²) in [7, 11) is -2.57. The summed E-state index contributed by atoms with van der Waals surface area (Å²) in [5.74, 6) is 0.211. The number of hydrazone groups is 1. The van der Waals surface area contributed by atoms with Crippen LogP contribution in [0.2, 0.25) is 15.1 Å². The van der Waals surface area contributed by atoms with Gasteiger partial charge in [-0.3, -0.25) is 9.10 Å². The molecule has 0 unspecified atom stereocenters. The summed E-state index contributed by atoms with van der Waals surface area (Å²) in [6.07, 6.45) is 1.40. The van der Waals surface area contributed by atoms with Gasteiger partial charge in [-0.25, -0.2) is 13.8 Å². The molecule has 0 bridgehead atoms. The first-order chi connectivity index (χ1) is 20.1. The van der Waals surface area contributed by atoms with Crippen molar-refractivity contribution in [1.29, 1.82) is 0 Å². The van der Waals surface area contributed by atoms with Gasteiger partial charge in [0.2, 0.25) is 0 Å². The number of nitrogens with zero attached hydrogens (tertiary/aromatic N) is 2. The first-order valence-electron chi connectivity index (χ1n) is 12.2. The van der Waals surface area contributed by atoms with Crippen LogP contribution < -0.4 is 19.2 Å². The summed E-state index contributed by atoms with van der Waals surface area (Å²) in [6, 6.07) is 22.6. The fourth-order valence-corrected chi connectivity index (χ4v) is 6.19. The normalized spacial score (nSPS) is 11.4. The Hall–Kier alpha value is -3.28. The van der Waals surface area contributed by atoms with Crippen molar-refractivity contribution in [2.45, 2.75) is 11.5 Å². The van der Waals surface area contributed by atoms with E-state index in [2.05, 4.69) is 26.5 Å². The molecule has 42 heavy (non-hydrogen) atoms. The Bertz CT molecular complexity index is 1710. The first-order valence-corrected chi connectivity index (χ1v) is 15.5. The van der Waals surface area contributed by atoms with Crippen LogP contribution in [0, 0.1) is 0 Å². The number of ether oxygens (including phenoxy) is 2. The van der Waals surface area contributed by atoms with Gasteiger partial charge in [0, 0.05) is 5.02 Å². The summed E-state index contributed by atoms with van der Waals surface area (Å²) >= 11 is 21.5. The van der Waals surface area contributed by atoms with Gasteiger partial charge in [0.05, 0.1) is 38.4 Å². The van der Waals surface area contributed by atoms with Gasteiger partial charge in [-0.05, 0) is 87.7 Å². The predicted molar refractivity (Wildman–Crippen MR) is 170 cm³/mol. The minimum absolute atomic E-state index is 0.0367. The summed E-state index contributed by atoms with van der Waals surface area (Å²) in [6.45, 7) is -0.309. The Morgan fingerprint density at radius 2 is 1.69 bits per heavy atom. The van der Waals surface area contributed by atoms with Crippen LogP contribution in [0.25, 0.3) is 0 Å². The Balaban J connectivity index is 1.47. The maximum atomic E-state index is 13.4. The van der Waals surface area contributed by atoms with Gasteiger partial charge in [-0.2, -0.15) is 5.10 Å². The van der Waals surface area contributed by atoms with Gasteiger partial charge in [0.15, 0.2) is 11.5 Å². The van der Waals surface area contributed by atoms with E-state index >= 15 is 0 Å². The maximum Gasteiger partial charge on any atom is 0.264 e. The number of halogens is 4. The molecule has 4 aromatic rings. The van der Waals surface area contributed by atoms with Gasteiger partial charge in [0.1, 0.15) is 13.2 Å². The number of nitrogens with one attached hydrogen (secondary N) is 1. The van der Waals surface area contributed by atoms with Crippen LogP contribution in [-0.2, 0) is 21.4 Å². The summed E-state index contributed by atoms with van der Waals surface area (Å²) in [4.78, 5) is 12.9. The molecule has 0 saturated carbocycles. The molecule has 0 saturated heterocycles. The molecule has 4 aromatic carbocycles. The Morgan fingerprint density at radius 3 is 2.36 bits per heavy atom. The number of hydrogen-bond donors (Lipinski definition) is 1. The molecule has 1 N–H and O–H groups in total. The topological polar surface area (TPSA) is 97.3 Å². The highest BCUT2D eigenvalue weighted by molar-refractivity contribution is 9.10. The lowest BCUT2D eigenvalue weighted by atomic mass is 10.2. The number of sulfonamides is 1. The van der Waals surface area contributed by atoms with E-state index in [0.717, 1.165) is 9.87 Å². The molecular weight excluding hydrogens is 689 g/mol. The number of carbonyl (C=O) groups excluding carboxylic acids is 1. The zero-order chi connectivity index (χ0) is 30.3. The minimum atomic E-state index is -4.06. The monoisotopic (exact) mass is 709 g/mol. The fraction of sp³-hybridized carbons (Fsp3) is 0.103. The number of amides is 1. The number of hydrogen-bond acceptors (Lipinski definition) is 6. The zero-order valence-electron chi connectivity index (χ0n) is 21.9. The quantitative estimate of drug-likeness (QED) is 0.130. The van der Waals surface area contributed by atoms with Crippen molar-refractivity contribution in [2.75, 3.05) is 18.0 Å². The van der Waals surface area contributed by atoms with Crippen LogP contribution in [0.4, 0.5) is 5.69 Å². The van der Waals surface area contributed by atoms with E-state index in [1.807, 2.05) is 0 Å². The minimum Gasteiger partial charge on any atom is -0.493 e. The van der Waals surface area contributed by atoms with E-state index in [0.29, 0.717) is 36.6 Å². The Kier molecular flexibility index (Phi) is 10.7. The molecule has 0 aliphatic heterocycles. The van der Waals surface area contributed by atoms with Crippen molar-refractivity contribution in [3.8, 4) is 11.5 Å². The second-order valence-corrected chi connectivity index (χ2v) is 12.6. The van der Waals surface area contributed by atoms with Gasteiger partial charge in [-0.15, -0.1) is 0 Å². The number of carbonyl (C=O) groups is 1. The van der Waals surface area contributed by atoms with Crippen molar-refractivity contribution >= 4 is 78.6 Å².